The third-order valence-corrected chi connectivity index (χ3v) is 4.06. The number of likely N-dealkylation sites (N-methyl/N-ethyl adjacent to an activating group) is 1. The molecule has 6 heteroatoms. The molecule has 0 saturated carbocycles. The summed E-state index contributed by atoms with van der Waals surface area (Å²) in [5.41, 5.74) is 1.56. The molecule has 3 rings (SSSR count). The van der Waals surface area contributed by atoms with Gasteiger partial charge >= 0.3 is 0 Å². The fraction of sp³-hybridized carbons (Fsp3) is 0.438. The molecule has 1 aliphatic heterocycles. The lowest BCUT2D eigenvalue weighted by Gasteiger charge is -2.31. The minimum atomic E-state index is -0.0285. The Morgan fingerprint density at radius 2 is 2.18 bits per heavy atom. The molecule has 1 aromatic heterocycles. The smallest absolute Gasteiger partial charge is 0.276 e. The molecule has 0 bridgehead atoms. The second-order valence-corrected chi connectivity index (χ2v) is 5.67. The minimum Gasteiger partial charge on any atom is -0.336 e. The molecule has 1 aliphatic rings. The van der Waals surface area contributed by atoms with Crippen LogP contribution in [-0.4, -0.2) is 52.0 Å². The Kier molecular flexibility index (Phi) is 4.48. The van der Waals surface area contributed by atoms with Gasteiger partial charge < -0.3 is 10.2 Å². The molecule has 0 aliphatic carbocycles. The van der Waals surface area contributed by atoms with Gasteiger partial charge in [-0.05, 0) is 25.5 Å². The van der Waals surface area contributed by atoms with E-state index in [0.717, 1.165) is 31.5 Å². The molecular formula is C16H21N5O. The first-order valence-corrected chi connectivity index (χ1v) is 7.67. The van der Waals surface area contributed by atoms with Gasteiger partial charge in [0.1, 0.15) is 0 Å². The van der Waals surface area contributed by atoms with Crippen LogP contribution in [0.4, 0.5) is 0 Å². The Morgan fingerprint density at radius 3 is 2.95 bits per heavy atom. The molecule has 1 N–H and O–H groups in total. The standard InChI is InChI=1S/C16H21N5O/c1-17-14-8-5-9-20(11-14)16(22)15-12-21(19-18-15)10-13-6-3-2-4-7-13/h2-4,6-7,12,14,17H,5,8-11H2,1H3. The molecule has 2 aromatic rings. The molecule has 0 radical (unpaired) electrons. The molecule has 2 heterocycles. The van der Waals surface area contributed by atoms with Crippen LogP contribution in [0.2, 0.25) is 0 Å². The second-order valence-electron chi connectivity index (χ2n) is 5.67. The molecule has 1 atom stereocenters. The summed E-state index contributed by atoms with van der Waals surface area (Å²) in [7, 11) is 1.94. The Hall–Kier alpha value is -2.21. The number of piperidine rings is 1. The second kappa shape index (κ2) is 6.70. The summed E-state index contributed by atoms with van der Waals surface area (Å²) < 4.78 is 1.71. The van der Waals surface area contributed by atoms with E-state index in [2.05, 4.69) is 15.6 Å². The molecule has 1 fully saturated rings. The van der Waals surface area contributed by atoms with Gasteiger partial charge in [0.25, 0.3) is 5.91 Å². The van der Waals surface area contributed by atoms with Gasteiger partial charge in [-0.2, -0.15) is 0 Å². The van der Waals surface area contributed by atoms with E-state index < -0.39 is 0 Å². The molecule has 1 unspecified atom stereocenters. The zero-order valence-corrected chi connectivity index (χ0v) is 12.8. The van der Waals surface area contributed by atoms with Crippen molar-refractivity contribution in [1.82, 2.24) is 25.2 Å². The maximum Gasteiger partial charge on any atom is 0.276 e. The monoisotopic (exact) mass is 299 g/mol. The Morgan fingerprint density at radius 1 is 1.36 bits per heavy atom. The first kappa shape index (κ1) is 14.7. The van der Waals surface area contributed by atoms with Crippen LogP contribution in [0.25, 0.3) is 0 Å². The molecule has 116 valence electrons. The summed E-state index contributed by atoms with van der Waals surface area (Å²) >= 11 is 0. The first-order valence-electron chi connectivity index (χ1n) is 7.67. The Bertz CT molecular complexity index is 624. The summed E-state index contributed by atoms with van der Waals surface area (Å²) in [5.74, 6) is -0.0285. The summed E-state index contributed by atoms with van der Waals surface area (Å²) in [6, 6.07) is 10.4. The van der Waals surface area contributed by atoms with Gasteiger partial charge in [0.05, 0.1) is 12.7 Å². The zero-order chi connectivity index (χ0) is 15.4. The van der Waals surface area contributed by atoms with Crippen LogP contribution in [-0.2, 0) is 6.54 Å². The van der Waals surface area contributed by atoms with Crippen molar-refractivity contribution < 1.29 is 4.79 Å². The number of amides is 1. The molecule has 1 aromatic carbocycles. The number of carbonyl (C=O) groups is 1. The van der Waals surface area contributed by atoms with Crippen molar-refractivity contribution >= 4 is 5.91 Å². The molecule has 0 spiro atoms. The van der Waals surface area contributed by atoms with E-state index in [1.807, 2.05) is 42.3 Å². The van der Waals surface area contributed by atoms with Crippen molar-refractivity contribution in [2.75, 3.05) is 20.1 Å². The van der Waals surface area contributed by atoms with Crippen LogP contribution < -0.4 is 5.32 Å². The number of hydrogen-bond acceptors (Lipinski definition) is 4. The normalized spacial score (nSPS) is 18.4. The maximum absolute atomic E-state index is 12.5. The number of likely N-dealkylation sites (tertiary alicyclic amines) is 1. The van der Waals surface area contributed by atoms with Crippen LogP contribution in [0.1, 0.15) is 28.9 Å². The summed E-state index contributed by atoms with van der Waals surface area (Å²) in [4.78, 5) is 14.4. The highest BCUT2D eigenvalue weighted by Crippen LogP contribution is 2.12. The third-order valence-electron chi connectivity index (χ3n) is 4.06. The molecule has 22 heavy (non-hydrogen) atoms. The van der Waals surface area contributed by atoms with Gasteiger partial charge in [-0.1, -0.05) is 35.5 Å². The van der Waals surface area contributed by atoms with E-state index in [4.69, 9.17) is 0 Å². The molecular weight excluding hydrogens is 278 g/mol. The highest BCUT2D eigenvalue weighted by Gasteiger charge is 2.25. The predicted octanol–water partition coefficient (Wildman–Crippen LogP) is 1.15. The number of nitrogens with one attached hydrogen (secondary N) is 1. The largest absolute Gasteiger partial charge is 0.336 e. The maximum atomic E-state index is 12.5. The van der Waals surface area contributed by atoms with E-state index in [1.54, 1.807) is 10.9 Å². The van der Waals surface area contributed by atoms with Crippen LogP contribution in [0, 0.1) is 0 Å². The third kappa shape index (κ3) is 3.33. The van der Waals surface area contributed by atoms with E-state index >= 15 is 0 Å². The predicted molar refractivity (Wildman–Crippen MR) is 83.6 cm³/mol. The topological polar surface area (TPSA) is 63.1 Å². The van der Waals surface area contributed by atoms with Gasteiger partial charge in [0.2, 0.25) is 0 Å². The van der Waals surface area contributed by atoms with Gasteiger partial charge in [0.15, 0.2) is 5.69 Å². The lowest BCUT2D eigenvalue weighted by Crippen LogP contribution is -2.47. The molecule has 1 amide bonds. The van der Waals surface area contributed by atoms with Gasteiger partial charge in [0, 0.05) is 19.1 Å². The number of rotatable bonds is 4. The number of aromatic nitrogens is 3. The van der Waals surface area contributed by atoms with Crippen LogP contribution in [0.15, 0.2) is 36.5 Å². The van der Waals surface area contributed by atoms with Crippen molar-refractivity contribution in [2.24, 2.45) is 0 Å². The SMILES string of the molecule is CNC1CCCN(C(=O)c2cn(Cc3ccccc3)nn2)C1. The first-order chi connectivity index (χ1) is 10.8. The van der Waals surface area contributed by atoms with Crippen molar-refractivity contribution in [2.45, 2.75) is 25.4 Å². The summed E-state index contributed by atoms with van der Waals surface area (Å²) in [5, 5.41) is 11.4. The Balaban J connectivity index is 1.66. The number of carbonyl (C=O) groups excluding carboxylic acids is 1. The zero-order valence-electron chi connectivity index (χ0n) is 12.8. The van der Waals surface area contributed by atoms with E-state index in [1.165, 1.54) is 0 Å². The van der Waals surface area contributed by atoms with Crippen LogP contribution in [0.5, 0.6) is 0 Å². The summed E-state index contributed by atoms with van der Waals surface area (Å²) in [6.45, 7) is 2.16. The Labute approximate surface area is 130 Å². The number of hydrogen-bond donors (Lipinski definition) is 1. The average molecular weight is 299 g/mol. The lowest BCUT2D eigenvalue weighted by atomic mass is 10.1. The van der Waals surface area contributed by atoms with Crippen LogP contribution >= 0.6 is 0 Å². The van der Waals surface area contributed by atoms with Crippen molar-refractivity contribution in [3.05, 3.63) is 47.8 Å². The minimum absolute atomic E-state index is 0.0285. The fourth-order valence-corrected chi connectivity index (χ4v) is 2.80. The van der Waals surface area contributed by atoms with Gasteiger partial charge in [-0.25, -0.2) is 4.68 Å². The molecule has 1 saturated heterocycles. The lowest BCUT2D eigenvalue weighted by molar-refractivity contribution is 0.0692. The average Bonchev–Trinajstić information content (AvgIpc) is 3.03. The van der Waals surface area contributed by atoms with E-state index in [0.29, 0.717) is 18.3 Å². The number of benzene rings is 1. The quantitative estimate of drug-likeness (QED) is 0.920. The van der Waals surface area contributed by atoms with Crippen LogP contribution in [0.3, 0.4) is 0 Å². The van der Waals surface area contributed by atoms with E-state index in [9.17, 15) is 4.79 Å². The number of nitrogens with zero attached hydrogens (tertiary/aromatic N) is 4. The highest BCUT2D eigenvalue weighted by molar-refractivity contribution is 5.92. The molecule has 6 nitrogen and oxygen atoms in total. The van der Waals surface area contributed by atoms with Gasteiger partial charge in [-0.3, -0.25) is 4.79 Å². The van der Waals surface area contributed by atoms with Crippen molar-refractivity contribution in [3.63, 3.8) is 0 Å². The fourth-order valence-electron chi connectivity index (χ4n) is 2.80. The van der Waals surface area contributed by atoms with Crippen molar-refractivity contribution in [3.8, 4) is 0 Å². The highest BCUT2D eigenvalue weighted by atomic mass is 16.2. The summed E-state index contributed by atoms with van der Waals surface area (Å²) in [6.07, 6.45) is 3.87. The van der Waals surface area contributed by atoms with Crippen molar-refractivity contribution in [1.29, 1.82) is 0 Å². The van der Waals surface area contributed by atoms with E-state index in [-0.39, 0.29) is 5.91 Å². The van der Waals surface area contributed by atoms with Gasteiger partial charge in [-0.15, -0.1) is 5.10 Å².